The first-order chi connectivity index (χ1) is 13.7. The highest BCUT2D eigenvalue weighted by molar-refractivity contribution is 5.88. The van der Waals surface area contributed by atoms with Crippen LogP contribution in [0.3, 0.4) is 0 Å². The number of anilines is 1. The number of nitrogens with one attached hydrogen (secondary N) is 1. The van der Waals surface area contributed by atoms with E-state index in [-0.39, 0.29) is 0 Å². The van der Waals surface area contributed by atoms with Gasteiger partial charge < -0.3 is 10.1 Å². The summed E-state index contributed by atoms with van der Waals surface area (Å²) in [4.78, 5) is 16.2. The molecule has 0 amide bonds. The van der Waals surface area contributed by atoms with Gasteiger partial charge in [-0.05, 0) is 25.0 Å². The number of pyridine rings is 1. The molecule has 8 nitrogen and oxygen atoms in total. The number of hydrogen-bond acceptors (Lipinski definition) is 7. The molecular weight excluding hydrogens is 354 g/mol. The summed E-state index contributed by atoms with van der Waals surface area (Å²) >= 11 is 0. The maximum atomic E-state index is 5.48. The van der Waals surface area contributed by atoms with Crippen LogP contribution in [0.4, 0.5) is 5.82 Å². The Morgan fingerprint density at radius 1 is 1.18 bits per heavy atom. The third kappa shape index (κ3) is 3.45. The van der Waals surface area contributed by atoms with Crippen molar-refractivity contribution in [3.63, 3.8) is 0 Å². The van der Waals surface area contributed by atoms with Gasteiger partial charge in [0.2, 0.25) is 0 Å². The van der Waals surface area contributed by atoms with Crippen molar-refractivity contribution in [2.45, 2.75) is 12.8 Å². The first kappa shape index (κ1) is 17.5. The molecule has 0 aromatic carbocycles. The van der Waals surface area contributed by atoms with E-state index in [1.165, 1.54) is 12.8 Å². The summed E-state index contributed by atoms with van der Waals surface area (Å²) in [6, 6.07) is 3.88. The highest BCUT2D eigenvalue weighted by Gasteiger charge is 2.44. The predicted octanol–water partition coefficient (Wildman–Crippen LogP) is 1.95. The molecule has 4 heterocycles. The average molecular weight is 379 g/mol. The standard InChI is InChI=1S/C20H25N7O/c1-26-19-16(12-23-26)18(24-17(25-19)15-3-2-6-21-11-15)22-13-20(4-5-20)14-27-7-9-28-10-8-27/h2-3,6,11-12H,4-5,7-10,13-14H2,1H3,(H,22,24,25). The second-order valence-electron chi connectivity index (χ2n) is 7.89. The fourth-order valence-corrected chi connectivity index (χ4v) is 3.85. The van der Waals surface area contributed by atoms with Crippen molar-refractivity contribution in [2.75, 3.05) is 44.7 Å². The summed E-state index contributed by atoms with van der Waals surface area (Å²) in [5, 5.41) is 8.96. The Morgan fingerprint density at radius 3 is 2.79 bits per heavy atom. The van der Waals surface area contributed by atoms with E-state index in [2.05, 4.69) is 20.3 Å². The Hall–Kier alpha value is -2.58. The SMILES string of the molecule is Cn1ncc2c(NCC3(CN4CCOCC4)CC3)nc(-c3cccnc3)nc21. The zero-order chi connectivity index (χ0) is 19.0. The van der Waals surface area contributed by atoms with Gasteiger partial charge in [0.05, 0.1) is 24.8 Å². The molecule has 0 unspecified atom stereocenters. The molecule has 3 aromatic rings. The van der Waals surface area contributed by atoms with Crippen molar-refractivity contribution in [3.8, 4) is 11.4 Å². The van der Waals surface area contributed by atoms with Crippen LogP contribution < -0.4 is 5.32 Å². The van der Waals surface area contributed by atoms with Crippen LogP contribution >= 0.6 is 0 Å². The molecule has 0 atom stereocenters. The number of morpholine rings is 1. The minimum Gasteiger partial charge on any atom is -0.379 e. The van der Waals surface area contributed by atoms with Gasteiger partial charge in [-0.25, -0.2) is 9.97 Å². The molecule has 1 N–H and O–H groups in total. The Labute approximate surface area is 163 Å². The third-order valence-electron chi connectivity index (χ3n) is 5.76. The maximum Gasteiger partial charge on any atom is 0.165 e. The van der Waals surface area contributed by atoms with Gasteiger partial charge >= 0.3 is 0 Å². The van der Waals surface area contributed by atoms with E-state index < -0.39 is 0 Å². The zero-order valence-electron chi connectivity index (χ0n) is 16.1. The van der Waals surface area contributed by atoms with Gasteiger partial charge in [-0.2, -0.15) is 5.10 Å². The first-order valence-corrected chi connectivity index (χ1v) is 9.87. The lowest BCUT2D eigenvalue weighted by Crippen LogP contribution is -2.41. The molecule has 5 rings (SSSR count). The van der Waals surface area contributed by atoms with Crippen molar-refractivity contribution in [1.82, 2.24) is 29.6 Å². The van der Waals surface area contributed by atoms with E-state index in [0.717, 1.165) is 61.8 Å². The molecule has 1 aliphatic heterocycles. The highest BCUT2D eigenvalue weighted by Crippen LogP contribution is 2.46. The van der Waals surface area contributed by atoms with Gasteiger partial charge in [0.15, 0.2) is 11.5 Å². The van der Waals surface area contributed by atoms with Crippen molar-refractivity contribution in [2.24, 2.45) is 12.5 Å². The van der Waals surface area contributed by atoms with E-state index >= 15 is 0 Å². The van der Waals surface area contributed by atoms with Crippen molar-refractivity contribution in [3.05, 3.63) is 30.7 Å². The fourth-order valence-electron chi connectivity index (χ4n) is 3.85. The third-order valence-corrected chi connectivity index (χ3v) is 5.76. The van der Waals surface area contributed by atoms with Gasteiger partial charge in [-0.1, -0.05) is 0 Å². The van der Waals surface area contributed by atoms with Crippen LogP contribution in [0.5, 0.6) is 0 Å². The van der Waals surface area contributed by atoms with Crippen molar-refractivity contribution in [1.29, 1.82) is 0 Å². The molecule has 0 spiro atoms. The summed E-state index contributed by atoms with van der Waals surface area (Å²) in [7, 11) is 1.91. The summed E-state index contributed by atoms with van der Waals surface area (Å²) in [5.41, 5.74) is 2.07. The second-order valence-corrected chi connectivity index (χ2v) is 7.89. The minimum absolute atomic E-state index is 0.339. The smallest absolute Gasteiger partial charge is 0.165 e. The van der Waals surface area contributed by atoms with Crippen LogP contribution in [-0.2, 0) is 11.8 Å². The largest absolute Gasteiger partial charge is 0.379 e. The van der Waals surface area contributed by atoms with Crippen LogP contribution in [0.25, 0.3) is 22.4 Å². The zero-order valence-corrected chi connectivity index (χ0v) is 16.1. The molecule has 146 valence electrons. The van der Waals surface area contributed by atoms with E-state index in [1.54, 1.807) is 17.1 Å². The van der Waals surface area contributed by atoms with Gasteiger partial charge in [0, 0.05) is 56.6 Å². The van der Waals surface area contributed by atoms with Crippen LogP contribution in [0.1, 0.15) is 12.8 Å². The number of ether oxygens (including phenoxy) is 1. The topological polar surface area (TPSA) is 81.0 Å². The van der Waals surface area contributed by atoms with Gasteiger partial charge in [-0.15, -0.1) is 0 Å². The second kappa shape index (κ2) is 7.10. The number of aromatic nitrogens is 5. The van der Waals surface area contributed by atoms with E-state index in [1.807, 2.05) is 25.4 Å². The van der Waals surface area contributed by atoms with Gasteiger partial charge in [0.25, 0.3) is 0 Å². The Bertz CT molecular complexity index is 961. The maximum absolute atomic E-state index is 5.48. The Morgan fingerprint density at radius 2 is 2.04 bits per heavy atom. The molecule has 0 bridgehead atoms. The molecular formula is C20H25N7O. The number of aryl methyl sites for hydroxylation is 1. The summed E-state index contributed by atoms with van der Waals surface area (Å²) in [5.74, 6) is 1.52. The molecule has 2 aliphatic rings. The normalized spacial score (nSPS) is 19.0. The molecule has 1 saturated heterocycles. The molecule has 0 radical (unpaired) electrons. The minimum atomic E-state index is 0.339. The summed E-state index contributed by atoms with van der Waals surface area (Å²) in [6.45, 7) is 5.80. The van der Waals surface area contributed by atoms with Crippen LogP contribution in [0, 0.1) is 5.41 Å². The van der Waals surface area contributed by atoms with Crippen molar-refractivity contribution >= 4 is 16.9 Å². The highest BCUT2D eigenvalue weighted by atomic mass is 16.5. The first-order valence-electron chi connectivity index (χ1n) is 9.87. The fraction of sp³-hybridized carbons (Fsp3) is 0.500. The van der Waals surface area contributed by atoms with E-state index in [0.29, 0.717) is 11.2 Å². The number of hydrogen-bond donors (Lipinski definition) is 1. The number of rotatable bonds is 6. The summed E-state index contributed by atoms with van der Waals surface area (Å²) < 4.78 is 7.28. The lowest BCUT2D eigenvalue weighted by Gasteiger charge is -2.30. The molecule has 1 aliphatic carbocycles. The van der Waals surface area contributed by atoms with Gasteiger partial charge in [-0.3, -0.25) is 14.6 Å². The van der Waals surface area contributed by atoms with Gasteiger partial charge in [0.1, 0.15) is 5.82 Å². The predicted molar refractivity (Wildman–Crippen MR) is 107 cm³/mol. The Kier molecular flexibility index (Phi) is 4.44. The lowest BCUT2D eigenvalue weighted by atomic mass is 10.1. The quantitative estimate of drug-likeness (QED) is 0.701. The lowest BCUT2D eigenvalue weighted by molar-refractivity contribution is 0.0294. The van der Waals surface area contributed by atoms with Crippen LogP contribution in [0.2, 0.25) is 0 Å². The molecule has 28 heavy (non-hydrogen) atoms. The molecule has 2 fully saturated rings. The van der Waals surface area contributed by atoms with Crippen LogP contribution in [0.15, 0.2) is 30.7 Å². The van der Waals surface area contributed by atoms with E-state index in [4.69, 9.17) is 14.7 Å². The Balaban J connectivity index is 1.39. The summed E-state index contributed by atoms with van der Waals surface area (Å²) in [6.07, 6.45) is 7.91. The average Bonchev–Trinajstić information content (AvgIpc) is 3.41. The van der Waals surface area contributed by atoms with Crippen molar-refractivity contribution < 1.29 is 4.74 Å². The molecule has 3 aromatic heterocycles. The monoisotopic (exact) mass is 379 g/mol. The van der Waals surface area contributed by atoms with E-state index in [9.17, 15) is 0 Å². The van der Waals surface area contributed by atoms with Crippen LogP contribution in [-0.4, -0.2) is 69.0 Å². The molecule has 1 saturated carbocycles. The number of fused-ring (bicyclic) bond motifs is 1. The molecule has 8 heteroatoms. The number of nitrogens with zero attached hydrogens (tertiary/aromatic N) is 6.